The predicted molar refractivity (Wildman–Crippen MR) is 96.8 cm³/mol. The molecule has 0 bridgehead atoms. The SMILES string of the molecule is CC(C)C1C[C@@H](OS(=O)(=O)[O-])[C@]2(C)CC[C@@]3(C)C[C@@H](O)[C@@]4(C)C[C@H]4[C@@H]3[C@@H]12.[Na+]. The van der Waals surface area contributed by atoms with Crippen LogP contribution in [0.25, 0.3) is 0 Å². The van der Waals surface area contributed by atoms with E-state index in [9.17, 15) is 18.1 Å². The van der Waals surface area contributed by atoms with Crippen molar-refractivity contribution in [2.75, 3.05) is 0 Å². The van der Waals surface area contributed by atoms with E-state index in [0.717, 1.165) is 25.7 Å². The fourth-order valence-electron chi connectivity index (χ4n) is 7.49. The van der Waals surface area contributed by atoms with Gasteiger partial charge in [-0.15, -0.1) is 0 Å². The average molecular weight is 409 g/mol. The Morgan fingerprint density at radius 3 is 2.26 bits per heavy atom. The molecule has 0 heterocycles. The summed E-state index contributed by atoms with van der Waals surface area (Å²) in [6.45, 7) is 11.1. The number of hydrogen-bond donors (Lipinski definition) is 1. The van der Waals surface area contributed by atoms with Gasteiger partial charge in [-0.1, -0.05) is 34.6 Å². The topological polar surface area (TPSA) is 86.7 Å². The molecular formula is C20H33NaO5S. The Labute approximate surface area is 186 Å². The molecule has 0 amide bonds. The molecular weight excluding hydrogens is 375 g/mol. The summed E-state index contributed by atoms with van der Waals surface area (Å²) >= 11 is 0. The molecule has 0 aromatic rings. The van der Waals surface area contributed by atoms with Crippen molar-refractivity contribution in [3.8, 4) is 0 Å². The van der Waals surface area contributed by atoms with Crippen molar-refractivity contribution in [2.45, 2.75) is 78.9 Å². The first-order valence-electron chi connectivity index (χ1n) is 10.1. The number of aliphatic hydroxyl groups excluding tert-OH is 1. The third kappa shape index (κ3) is 3.30. The minimum atomic E-state index is -4.70. The standard InChI is InChI=1S/C20H34O5S.Na/c1-11(2)12-8-15(25-26(22,23)24)19(4)7-6-18(3)10-14(21)20(5)9-13(20)17(18)16(12)19;/h11-17,21H,6-10H2,1-5H3,(H,22,23,24);/q;+1/p-1/t12?,13-,14+,15+,16+,17+,18-,19-,20-;/m0./s1. The fourth-order valence-corrected chi connectivity index (χ4v) is 8.07. The molecule has 0 aromatic carbocycles. The smallest absolute Gasteiger partial charge is 0.726 e. The van der Waals surface area contributed by atoms with Gasteiger partial charge in [0.15, 0.2) is 0 Å². The second kappa shape index (κ2) is 6.66. The molecule has 150 valence electrons. The van der Waals surface area contributed by atoms with E-state index >= 15 is 0 Å². The van der Waals surface area contributed by atoms with E-state index in [1.807, 2.05) is 0 Å². The van der Waals surface area contributed by atoms with Crippen LogP contribution in [0, 0.1) is 45.8 Å². The van der Waals surface area contributed by atoms with Crippen LogP contribution in [0.4, 0.5) is 0 Å². The molecule has 1 unspecified atom stereocenters. The van der Waals surface area contributed by atoms with Gasteiger partial charge in [-0.25, -0.2) is 8.42 Å². The summed E-state index contributed by atoms with van der Waals surface area (Å²) in [5.41, 5.74) is -0.154. The Bertz CT molecular complexity index is 711. The van der Waals surface area contributed by atoms with E-state index in [2.05, 4.69) is 34.6 Å². The van der Waals surface area contributed by atoms with Crippen molar-refractivity contribution in [1.82, 2.24) is 0 Å². The second-order valence-corrected chi connectivity index (χ2v) is 11.9. The van der Waals surface area contributed by atoms with Crippen LogP contribution >= 0.6 is 0 Å². The molecule has 0 saturated heterocycles. The molecule has 4 fully saturated rings. The van der Waals surface area contributed by atoms with E-state index < -0.39 is 16.5 Å². The Morgan fingerprint density at radius 1 is 1.07 bits per heavy atom. The normalized spacial score (nSPS) is 53.9. The van der Waals surface area contributed by atoms with E-state index in [4.69, 9.17) is 4.18 Å². The Morgan fingerprint density at radius 2 is 1.70 bits per heavy atom. The first-order chi connectivity index (χ1) is 11.8. The minimum absolute atomic E-state index is 0. The van der Waals surface area contributed by atoms with Crippen molar-refractivity contribution >= 4 is 10.4 Å². The first kappa shape index (κ1) is 22.5. The summed E-state index contributed by atoms with van der Waals surface area (Å²) < 4.78 is 39.3. The largest absolute Gasteiger partial charge is 1.00 e. The third-order valence-electron chi connectivity index (χ3n) is 9.16. The summed E-state index contributed by atoms with van der Waals surface area (Å²) in [6, 6.07) is 0. The van der Waals surface area contributed by atoms with E-state index in [1.165, 1.54) is 0 Å². The Balaban J connectivity index is 0.00000210. The zero-order chi connectivity index (χ0) is 19.3. The van der Waals surface area contributed by atoms with Crippen LogP contribution in [-0.2, 0) is 14.6 Å². The summed E-state index contributed by atoms with van der Waals surface area (Å²) in [6.07, 6.45) is 3.65. The molecule has 7 heteroatoms. The van der Waals surface area contributed by atoms with Gasteiger partial charge in [0.25, 0.3) is 0 Å². The summed E-state index contributed by atoms with van der Waals surface area (Å²) in [5, 5.41) is 10.7. The summed E-state index contributed by atoms with van der Waals surface area (Å²) in [5.74, 6) is 2.11. The van der Waals surface area contributed by atoms with Gasteiger partial charge >= 0.3 is 29.6 Å². The van der Waals surface area contributed by atoms with E-state index in [1.54, 1.807) is 0 Å². The molecule has 4 aliphatic rings. The monoisotopic (exact) mass is 408 g/mol. The van der Waals surface area contributed by atoms with Gasteiger partial charge in [0.1, 0.15) is 0 Å². The second-order valence-electron chi connectivity index (χ2n) is 10.9. The van der Waals surface area contributed by atoms with Crippen molar-refractivity contribution in [2.24, 2.45) is 45.8 Å². The molecule has 9 atom stereocenters. The first-order valence-corrected chi connectivity index (χ1v) is 11.5. The van der Waals surface area contributed by atoms with Crippen molar-refractivity contribution in [3.63, 3.8) is 0 Å². The number of aliphatic hydroxyl groups is 1. The van der Waals surface area contributed by atoms with Gasteiger partial charge in [-0.05, 0) is 77.9 Å². The molecule has 0 aliphatic heterocycles. The minimum Gasteiger partial charge on any atom is -0.726 e. The van der Waals surface area contributed by atoms with Crippen LogP contribution in [0.15, 0.2) is 0 Å². The number of rotatable bonds is 3. The van der Waals surface area contributed by atoms with E-state index in [-0.39, 0.29) is 51.9 Å². The fraction of sp³-hybridized carbons (Fsp3) is 1.00. The molecule has 0 spiro atoms. The van der Waals surface area contributed by atoms with Gasteiger partial charge < -0.3 is 9.66 Å². The zero-order valence-electron chi connectivity index (χ0n) is 17.6. The molecule has 0 aromatic heterocycles. The van der Waals surface area contributed by atoms with Crippen LogP contribution in [0.2, 0.25) is 0 Å². The van der Waals surface area contributed by atoms with Crippen LogP contribution < -0.4 is 29.6 Å². The van der Waals surface area contributed by atoms with Gasteiger partial charge in [-0.3, -0.25) is 4.18 Å². The molecule has 4 aliphatic carbocycles. The van der Waals surface area contributed by atoms with Gasteiger partial charge in [0.05, 0.1) is 12.2 Å². The van der Waals surface area contributed by atoms with Gasteiger partial charge in [0, 0.05) is 0 Å². The van der Waals surface area contributed by atoms with E-state index in [0.29, 0.717) is 36.0 Å². The van der Waals surface area contributed by atoms with Crippen molar-refractivity contribution in [1.29, 1.82) is 0 Å². The van der Waals surface area contributed by atoms with Crippen LogP contribution in [0.1, 0.15) is 66.7 Å². The maximum Gasteiger partial charge on any atom is 1.00 e. The predicted octanol–water partition coefficient (Wildman–Crippen LogP) is 0.341. The van der Waals surface area contributed by atoms with Crippen molar-refractivity contribution in [3.05, 3.63) is 0 Å². The van der Waals surface area contributed by atoms with Crippen LogP contribution in [0.3, 0.4) is 0 Å². The quantitative estimate of drug-likeness (QED) is 0.413. The molecule has 1 N–H and O–H groups in total. The molecule has 5 nitrogen and oxygen atoms in total. The maximum atomic E-state index is 11.4. The Kier molecular flexibility index (Phi) is 5.56. The maximum absolute atomic E-state index is 11.4. The van der Waals surface area contributed by atoms with Crippen LogP contribution in [0.5, 0.6) is 0 Å². The Hall–Kier alpha value is 0.830. The molecule has 0 radical (unpaired) electrons. The van der Waals surface area contributed by atoms with Crippen molar-refractivity contribution < 1.29 is 51.8 Å². The number of fused-ring (bicyclic) bond motifs is 5. The number of hydrogen-bond acceptors (Lipinski definition) is 5. The molecule has 4 rings (SSSR count). The average Bonchev–Trinajstić information content (AvgIpc) is 3.09. The zero-order valence-corrected chi connectivity index (χ0v) is 20.4. The summed E-state index contributed by atoms with van der Waals surface area (Å²) in [7, 11) is -4.70. The molecule has 4 saturated carbocycles. The summed E-state index contributed by atoms with van der Waals surface area (Å²) in [4.78, 5) is 0. The van der Waals surface area contributed by atoms with Gasteiger partial charge in [0.2, 0.25) is 10.4 Å². The molecule has 27 heavy (non-hydrogen) atoms. The van der Waals surface area contributed by atoms with Crippen LogP contribution in [-0.4, -0.2) is 30.3 Å². The van der Waals surface area contributed by atoms with Gasteiger partial charge in [-0.2, -0.15) is 0 Å². The third-order valence-corrected chi connectivity index (χ3v) is 9.63.